The summed E-state index contributed by atoms with van der Waals surface area (Å²) < 4.78 is 29.8. The predicted molar refractivity (Wildman–Crippen MR) is 410 cm³/mol. The summed E-state index contributed by atoms with van der Waals surface area (Å²) in [6, 6.07) is 119. The highest BCUT2D eigenvalue weighted by Gasteiger charge is 2.26. The van der Waals surface area contributed by atoms with Gasteiger partial charge >= 0.3 is 0 Å². The molecule has 0 bridgehead atoms. The molecule has 0 amide bonds. The van der Waals surface area contributed by atoms with Gasteiger partial charge in [-0.25, -0.2) is 0 Å². The lowest BCUT2D eigenvalue weighted by Gasteiger charge is -2.25. The number of hydrogen-bond donors (Lipinski definition) is 0. The lowest BCUT2D eigenvalue weighted by atomic mass is 10.0. The van der Waals surface area contributed by atoms with E-state index >= 15 is 0 Å². The van der Waals surface area contributed by atoms with Crippen LogP contribution in [0, 0.1) is 0 Å². The van der Waals surface area contributed by atoms with Gasteiger partial charge in [-0.2, -0.15) is 0 Å². The van der Waals surface area contributed by atoms with E-state index in [0.29, 0.717) is 0 Å². The number of halogens is 1. The van der Waals surface area contributed by atoms with Gasteiger partial charge in [-0.15, -0.1) is 0 Å². The maximum atomic E-state index is 6.64. The SMILES string of the molecule is Brc1cccc(-c2ccc(N(c3cccc4c3oc3ccccc34)c3cccc4c3oc3ccccc34)cc2)c1.c1ccc(-c2cccc3c4ccccc4n(-c4cccc(-c5ccc(N(c6cccc7c6oc6ccccc67)c6cccc7c6oc6ccccc67)cc5)c4)c23)cc1. The van der Waals surface area contributed by atoms with Gasteiger partial charge in [0.05, 0.1) is 33.8 Å². The summed E-state index contributed by atoms with van der Waals surface area (Å²) in [5.74, 6) is 0. The number of anilines is 6. The number of nitrogens with zero attached hydrogens (tertiary/aromatic N) is 3. The Morgan fingerprint density at radius 2 is 0.592 bits per heavy atom. The average Bonchev–Trinajstić information content (AvgIpc) is 1.57. The summed E-state index contributed by atoms with van der Waals surface area (Å²) >= 11 is 3.60. The van der Waals surface area contributed by atoms with Gasteiger partial charge in [-0.3, -0.25) is 0 Å². The number of hydrogen-bond acceptors (Lipinski definition) is 6. The Labute approximate surface area is 571 Å². The lowest BCUT2D eigenvalue weighted by Crippen LogP contribution is -2.10. The van der Waals surface area contributed by atoms with Gasteiger partial charge in [-0.1, -0.05) is 253 Å². The zero-order valence-electron chi connectivity index (χ0n) is 52.7. The summed E-state index contributed by atoms with van der Waals surface area (Å²) in [5.41, 5.74) is 23.1. The Balaban J connectivity index is 0.000000147. The van der Waals surface area contributed by atoms with Crippen LogP contribution in [-0.4, -0.2) is 4.57 Å². The van der Waals surface area contributed by atoms with E-state index < -0.39 is 0 Å². The van der Waals surface area contributed by atoms with Crippen molar-refractivity contribution in [3.8, 4) is 39.1 Å². The fourth-order valence-electron chi connectivity index (χ4n) is 14.7. The molecule has 98 heavy (non-hydrogen) atoms. The topological polar surface area (TPSA) is 64.0 Å². The highest BCUT2D eigenvalue weighted by molar-refractivity contribution is 9.10. The Morgan fingerprint density at radius 1 is 0.245 bits per heavy atom. The van der Waals surface area contributed by atoms with Crippen LogP contribution >= 0.6 is 15.9 Å². The first-order valence-electron chi connectivity index (χ1n) is 32.9. The molecule has 0 atom stereocenters. The first kappa shape index (κ1) is 56.9. The Morgan fingerprint density at radius 3 is 1.04 bits per heavy atom. The summed E-state index contributed by atoms with van der Waals surface area (Å²) in [6.07, 6.45) is 0. The normalized spacial score (nSPS) is 11.7. The summed E-state index contributed by atoms with van der Waals surface area (Å²) in [6.45, 7) is 0. The maximum absolute atomic E-state index is 6.64. The molecule has 15 aromatic carbocycles. The molecule has 0 saturated carbocycles. The molecule has 0 aliphatic heterocycles. The number of fused-ring (bicyclic) bond motifs is 15. The number of aromatic nitrogens is 1. The minimum Gasteiger partial charge on any atom is -0.454 e. The van der Waals surface area contributed by atoms with Crippen molar-refractivity contribution in [2.45, 2.75) is 0 Å². The quantitative estimate of drug-likeness (QED) is 0.136. The van der Waals surface area contributed by atoms with Crippen LogP contribution < -0.4 is 9.80 Å². The van der Waals surface area contributed by atoms with Gasteiger partial charge in [-0.05, 0) is 131 Å². The van der Waals surface area contributed by atoms with Crippen molar-refractivity contribution in [3.05, 3.63) is 344 Å². The van der Waals surface area contributed by atoms with Gasteiger partial charge in [0.25, 0.3) is 0 Å². The van der Waals surface area contributed by atoms with Crippen molar-refractivity contribution in [2.75, 3.05) is 9.80 Å². The number of rotatable bonds is 10. The first-order valence-corrected chi connectivity index (χ1v) is 33.7. The Hall–Kier alpha value is -12.6. The third-order valence-corrected chi connectivity index (χ3v) is 19.6. The molecular weight excluding hydrogens is 1270 g/mol. The molecule has 0 spiro atoms. The smallest absolute Gasteiger partial charge is 0.159 e. The minimum absolute atomic E-state index is 0.828. The van der Waals surface area contributed by atoms with E-state index in [0.717, 1.165) is 154 Å². The molecule has 7 nitrogen and oxygen atoms in total. The zero-order chi connectivity index (χ0) is 64.8. The second-order valence-corrected chi connectivity index (χ2v) is 25.7. The van der Waals surface area contributed by atoms with Crippen LogP contribution in [0.1, 0.15) is 0 Å². The molecule has 462 valence electrons. The Bertz CT molecular complexity index is 6250. The van der Waals surface area contributed by atoms with E-state index in [4.69, 9.17) is 17.7 Å². The van der Waals surface area contributed by atoms with Crippen LogP contribution in [0.2, 0.25) is 0 Å². The molecule has 0 radical (unpaired) electrons. The van der Waals surface area contributed by atoms with Crippen molar-refractivity contribution in [2.24, 2.45) is 0 Å². The second kappa shape index (κ2) is 23.4. The van der Waals surface area contributed by atoms with E-state index in [-0.39, 0.29) is 0 Å². The van der Waals surface area contributed by atoms with Gasteiger partial charge < -0.3 is 32.0 Å². The molecule has 0 aliphatic carbocycles. The molecule has 5 heterocycles. The maximum Gasteiger partial charge on any atom is 0.159 e. The predicted octanol–water partition coefficient (Wildman–Crippen LogP) is 26.8. The van der Waals surface area contributed by atoms with Crippen molar-refractivity contribution in [1.29, 1.82) is 0 Å². The standard InChI is InChI=1S/C54H34N2O2.C36H22BrNO2/c1-2-14-36(15-3-1)40-21-11-22-44-41-18-4-7-25-47(41)56(52(40)44)39-17-10-16-37(34-39)35-30-32-38(33-31-35)55(48-26-12-23-45-42-19-5-8-28-50(42)57-53(45)48)49-27-13-24-46-43-20-6-9-29-51(43)58-54(46)49;37-25-9-5-8-24(22-25)23-18-20-26(21-19-23)38(31-14-6-12-29-27-10-1-3-16-33(27)39-35(29)31)32-15-7-13-30-28-11-2-4-17-34(28)40-36(30)32/h1-34H;1-22H. The van der Waals surface area contributed by atoms with Gasteiger partial charge in [0.1, 0.15) is 22.3 Å². The molecule has 20 rings (SSSR count). The first-order chi connectivity index (χ1) is 48.5. The van der Waals surface area contributed by atoms with Crippen LogP contribution in [0.5, 0.6) is 0 Å². The fraction of sp³-hybridized carbons (Fsp3) is 0. The van der Waals surface area contributed by atoms with Crippen molar-refractivity contribution >= 4 is 160 Å². The average molecular weight is 1320 g/mol. The van der Waals surface area contributed by atoms with E-state index in [1.807, 2.05) is 54.6 Å². The summed E-state index contributed by atoms with van der Waals surface area (Å²) in [4.78, 5) is 4.53. The second-order valence-electron chi connectivity index (χ2n) is 24.8. The molecular formula is C90H56BrN3O4. The van der Waals surface area contributed by atoms with Crippen LogP contribution in [-0.2, 0) is 0 Å². The molecule has 0 unspecified atom stereocenters. The van der Waals surface area contributed by atoms with Crippen LogP contribution in [0.25, 0.3) is 149 Å². The molecule has 0 fully saturated rings. The molecule has 20 aromatic rings. The van der Waals surface area contributed by atoms with Crippen LogP contribution in [0.3, 0.4) is 0 Å². The van der Waals surface area contributed by atoms with Crippen LogP contribution in [0.4, 0.5) is 34.1 Å². The van der Waals surface area contributed by atoms with Gasteiger partial charge in [0.15, 0.2) is 22.3 Å². The third kappa shape index (κ3) is 9.47. The number of furan rings is 4. The minimum atomic E-state index is 0.828. The monoisotopic (exact) mass is 1320 g/mol. The number of para-hydroxylation sites is 10. The van der Waals surface area contributed by atoms with E-state index in [2.05, 4.69) is 315 Å². The summed E-state index contributed by atoms with van der Waals surface area (Å²) in [5, 5.41) is 11.2. The van der Waals surface area contributed by atoms with Crippen LogP contribution in [0.15, 0.2) is 362 Å². The number of benzene rings is 15. The molecule has 8 heteroatoms. The zero-order valence-corrected chi connectivity index (χ0v) is 54.3. The highest BCUT2D eigenvalue weighted by Crippen LogP contribution is 2.49. The largest absolute Gasteiger partial charge is 0.454 e. The van der Waals surface area contributed by atoms with Crippen molar-refractivity contribution in [3.63, 3.8) is 0 Å². The highest BCUT2D eigenvalue weighted by atomic mass is 79.9. The van der Waals surface area contributed by atoms with Gasteiger partial charge in [0.2, 0.25) is 0 Å². The molecule has 0 aliphatic rings. The van der Waals surface area contributed by atoms with E-state index in [1.54, 1.807) is 0 Å². The molecule has 0 N–H and O–H groups in total. The van der Waals surface area contributed by atoms with E-state index in [1.165, 1.54) is 32.9 Å². The molecule has 5 aromatic heterocycles. The van der Waals surface area contributed by atoms with Crippen molar-refractivity contribution in [1.82, 2.24) is 4.57 Å². The molecule has 0 saturated heterocycles. The van der Waals surface area contributed by atoms with E-state index in [9.17, 15) is 0 Å². The fourth-order valence-corrected chi connectivity index (χ4v) is 15.1. The van der Waals surface area contributed by atoms with Gasteiger partial charge in [0, 0.05) is 81.0 Å². The lowest BCUT2D eigenvalue weighted by molar-refractivity contribution is 0.665. The Kier molecular flexibility index (Phi) is 13.6. The summed E-state index contributed by atoms with van der Waals surface area (Å²) in [7, 11) is 0. The third-order valence-electron chi connectivity index (χ3n) is 19.1. The van der Waals surface area contributed by atoms with Crippen molar-refractivity contribution < 1.29 is 17.7 Å².